The Morgan fingerprint density at radius 1 is 1.07 bits per heavy atom. The highest BCUT2D eigenvalue weighted by molar-refractivity contribution is 5.98. The number of benzene rings is 2. The van der Waals surface area contributed by atoms with Crippen molar-refractivity contribution in [2.75, 3.05) is 13.1 Å². The Morgan fingerprint density at radius 2 is 1.73 bits per heavy atom. The quantitative estimate of drug-likeness (QED) is 0.775. The maximum atomic E-state index is 13.2. The summed E-state index contributed by atoms with van der Waals surface area (Å²) in [5.74, 6) is -1.05. The molecule has 6 nitrogen and oxygen atoms in total. The molecule has 1 N–H and O–H groups in total. The van der Waals surface area contributed by atoms with Crippen molar-refractivity contribution in [3.05, 3.63) is 71.3 Å². The summed E-state index contributed by atoms with van der Waals surface area (Å²) in [6, 6.07) is 16.1. The Bertz CT molecular complexity index is 953. The summed E-state index contributed by atoms with van der Waals surface area (Å²) in [5.41, 5.74) is 0.867. The van der Waals surface area contributed by atoms with Crippen molar-refractivity contribution in [1.29, 1.82) is 0 Å². The number of likely N-dealkylation sites (tertiary alicyclic amines) is 1. The average molecular weight is 406 g/mol. The molecule has 2 atom stereocenters. The van der Waals surface area contributed by atoms with E-state index in [0.29, 0.717) is 25.1 Å². The van der Waals surface area contributed by atoms with Crippen LogP contribution in [0.15, 0.2) is 54.6 Å². The summed E-state index contributed by atoms with van der Waals surface area (Å²) >= 11 is 0. The summed E-state index contributed by atoms with van der Waals surface area (Å²) in [5, 5.41) is 2.90. The predicted octanol–water partition coefficient (Wildman–Crippen LogP) is 2.51. The zero-order chi connectivity index (χ0) is 21.1. The van der Waals surface area contributed by atoms with E-state index in [-0.39, 0.29) is 12.3 Å². The second kappa shape index (κ2) is 8.30. The molecule has 2 amide bonds. The zero-order valence-electron chi connectivity index (χ0n) is 17.1. The topological polar surface area (TPSA) is 75.7 Å². The second-order valence-electron chi connectivity index (χ2n) is 8.20. The van der Waals surface area contributed by atoms with Crippen LogP contribution in [0.2, 0.25) is 0 Å². The van der Waals surface area contributed by atoms with Crippen LogP contribution in [0.3, 0.4) is 0 Å². The molecule has 1 saturated heterocycles. The molecule has 2 aliphatic heterocycles. The highest BCUT2D eigenvalue weighted by Gasteiger charge is 2.44. The molecule has 2 unspecified atom stereocenters. The van der Waals surface area contributed by atoms with Gasteiger partial charge in [-0.2, -0.15) is 0 Å². The maximum Gasteiger partial charge on any atom is 0.339 e. The Kier molecular flexibility index (Phi) is 5.57. The van der Waals surface area contributed by atoms with Crippen molar-refractivity contribution < 1.29 is 19.1 Å². The Hall–Kier alpha value is -3.15. The minimum absolute atomic E-state index is 0.0872. The number of amides is 2. The zero-order valence-corrected chi connectivity index (χ0v) is 17.1. The van der Waals surface area contributed by atoms with Gasteiger partial charge in [-0.05, 0) is 37.0 Å². The molecule has 0 aliphatic carbocycles. The number of carbonyl (C=O) groups is 3. The number of nitrogens with one attached hydrogen (secondary N) is 1. The molecule has 0 aromatic heterocycles. The lowest BCUT2D eigenvalue weighted by Gasteiger charge is -2.34. The number of rotatable bonds is 5. The van der Waals surface area contributed by atoms with Gasteiger partial charge < -0.3 is 15.0 Å². The monoisotopic (exact) mass is 406 g/mol. The summed E-state index contributed by atoms with van der Waals surface area (Å²) in [6.07, 6.45) is 2.62. The van der Waals surface area contributed by atoms with E-state index in [4.69, 9.17) is 4.74 Å². The fourth-order valence-corrected chi connectivity index (χ4v) is 4.18. The van der Waals surface area contributed by atoms with Crippen molar-refractivity contribution in [2.45, 2.75) is 44.2 Å². The lowest BCUT2D eigenvalue weighted by atomic mass is 9.89. The number of carbonyl (C=O) groups excluding carboxylic acids is 3. The van der Waals surface area contributed by atoms with Crippen LogP contribution in [0.1, 0.15) is 41.3 Å². The first-order valence-electron chi connectivity index (χ1n) is 10.4. The third kappa shape index (κ3) is 4.08. The van der Waals surface area contributed by atoms with Gasteiger partial charge in [-0.1, -0.05) is 48.5 Å². The van der Waals surface area contributed by atoms with Crippen LogP contribution in [0.25, 0.3) is 0 Å². The lowest BCUT2D eigenvalue weighted by Crippen LogP contribution is -2.57. The van der Waals surface area contributed by atoms with Gasteiger partial charge >= 0.3 is 5.97 Å². The van der Waals surface area contributed by atoms with Crippen molar-refractivity contribution in [2.24, 2.45) is 0 Å². The van der Waals surface area contributed by atoms with Crippen LogP contribution >= 0.6 is 0 Å². The van der Waals surface area contributed by atoms with E-state index in [1.54, 1.807) is 24.0 Å². The van der Waals surface area contributed by atoms with Gasteiger partial charge in [-0.15, -0.1) is 0 Å². The molecule has 0 saturated carbocycles. The summed E-state index contributed by atoms with van der Waals surface area (Å²) in [7, 11) is 0. The van der Waals surface area contributed by atoms with Crippen LogP contribution in [-0.2, 0) is 27.2 Å². The third-order valence-corrected chi connectivity index (χ3v) is 5.87. The summed E-state index contributed by atoms with van der Waals surface area (Å²) in [6.45, 7) is 3.02. The van der Waals surface area contributed by atoms with E-state index in [0.717, 1.165) is 24.0 Å². The average Bonchev–Trinajstić information content (AvgIpc) is 3.28. The maximum absolute atomic E-state index is 13.2. The standard InChI is InChI=1S/C24H26N2O4/c1-24(16-18-11-5-6-12-19(18)22(28)30-24)23(29)25-20(15-17-9-3-2-4-10-17)21(27)26-13-7-8-14-26/h2-6,9-12,20H,7-8,13-16H2,1H3,(H,25,29). The summed E-state index contributed by atoms with van der Waals surface area (Å²) in [4.78, 5) is 40.6. The molecule has 30 heavy (non-hydrogen) atoms. The van der Waals surface area contributed by atoms with Crippen LogP contribution < -0.4 is 5.32 Å². The fourth-order valence-electron chi connectivity index (χ4n) is 4.18. The molecule has 0 radical (unpaired) electrons. The largest absolute Gasteiger partial charge is 0.445 e. The molecule has 0 spiro atoms. The smallest absolute Gasteiger partial charge is 0.339 e. The van der Waals surface area contributed by atoms with Gasteiger partial charge in [0.25, 0.3) is 5.91 Å². The Morgan fingerprint density at radius 3 is 2.47 bits per heavy atom. The number of nitrogens with zero attached hydrogens (tertiary/aromatic N) is 1. The first-order valence-corrected chi connectivity index (χ1v) is 10.4. The van der Waals surface area contributed by atoms with Gasteiger partial charge in [0.1, 0.15) is 6.04 Å². The molecule has 2 aromatic carbocycles. The van der Waals surface area contributed by atoms with Gasteiger partial charge in [0, 0.05) is 25.9 Å². The van der Waals surface area contributed by atoms with E-state index in [9.17, 15) is 14.4 Å². The minimum Gasteiger partial charge on any atom is -0.445 e. The molecular weight excluding hydrogens is 380 g/mol. The van der Waals surface area contributed by atoms with Gasteiger partial charge in [0.15, 0.2) is 5.60 Å². The van der Waals surface area contributed by atoms with Crippen molar-refractivity contribution in [3.63, 3.8) is 0 Å². The molecular formula is C24H26N2O4. The highest BCUT2D eigenvalue weighted by atomic mass is 16.6. The first-order chi connectivity index (χ1) is 14.5. The number of hydrogen-bond acceptors (Lipinski definition) is 4. The normalized spacial score (nSPS) is 21.5. The van der Waals surface area contributed by atoms with E-state index < -0.39 is 23.5 Å². The lowest BCUT2D eigenvalue weighted by molar-refractivity contribution is -0.144. The first kappa shape index (κ1) is 20.1. The molecule has 2 aliphatic rings. The number of fused-ring (bicyclic) bond motifs is 1. The van der Waals surface area contributed by atoms with Crippen LogP contribution in [0, 0.1) is 0 Å². The SMILES string of the molecule is CC1(C(=O)NC(Cc2ccccc2)C(=O)N2CCCC2)Cc2ccccc2C(=O)O1. The van der Waals surface area contributed by atoms with Crippen molar-refractivity contribution in [3.8, 4) is 0 Å². The number of hydrogen-bond donors (Lipinski definition) is 1. The number of ether oxygens (including phenoxy) is 1. The molecule has 2 aromatic rings. The number of esters is 1. The van der Waals surface area contributed by atoms with E-state index in [2.05, 4.69) is 5.32 Å². The van der Waals surface area contributed by atoms with E-state index in [1.165, 1.54) is 0 Å². The molecule has 2 heterocycles. The van der Waals surface area contributed by atoms with Crippen molar-refractivity contribution in [1.82, 2.24) is 10.2 Å². The van der Waals surface area contributed by atoms with Gasteiger partial charge in [0.2, 0.25) is 5.91 Å². The molecule has 0 bridgehead atoms. The van der Waals surface area contributed by atoms with Crippen LogP contribution in [0.5, 0.6) is 0 Å². The summed E-state index contributed by atoms with van der Waals surface area (Å²) < 4.78 is 5.54. The number of cyclic esters (lactones) is 1. The molecule has 6 heteroatoms. The van der Waals surface area contributed by atoms with Gasteiger partial charge in [-0.25, -0.2) is 4.79 Å². The third-order valence-electron chi connectivity index (χ3n) is 5.87. The minimum atomic E-state index is -1.36. The Balaban J connectivity index is 1.55. The predicted molar refractivity (Wildman–Crippen MR) is 112 cm³/mol. The van der Waals surface area contributed by atoms with Gasteiger partial charge in [-0.3, -0.25) is 9.59 Å². The van der Waals surface area contributed by atoms with Crippen molar-refractivity contribution >= 4 is 17.8 Å². The molecule has 4 rings (SSSR count). The second-order valence-corrected chi connectivity index (χ2v) is 8.20. The molecule has 156 valence electrons. The van der Waals surface area contributed by atoms with Gasteiger partial charge in [0.05, 0.1) is 5.56 Å². The van der Waals surface area contributed by atoms with E-state index in [1.807, 2.05) is 42.5 Å². The fraction of sp³-hybridized carbons (Fsp3) is 0.375. The highest BCUT2D eigenvalue weighted by Crippen LogP contribution is 2.28. The van der Waals surface area contributed by atoms with Crippen LogP contribution in [-0.4, -0.2) is 47.4 Å². The van der Waals surface area contributed by atoms with E-state index >= 15 is 0 Å². The Labute approximate surface area is 176 Å². The molecule has 1 fully saturated rings. The van der Waals surface area contributed by atoms with Crippen LogP contribution in [0.4, 0.5) is 0 Å².